The fourth-order valence-electron chi connectivity index (χ4n) is 4.27. The second kappa shape index (κ2) is 5.53. The number of carbonyl (C=O) groups is 1. The van der Waals surface area contributed by atoms with Crippen molar-refractivity contribution < 1.29 is 9.53 Å². The van der Waals surface area contributed by atoms with Gasteiger partial charge in [-0.1, -0.05) is 19.1 Å². The summed E-state index contributed by atoms with van der Waals surface area (Å²) in [6.45, 7) is 3.24. The van der Waals surface area contributed by atoms with Gasteiger partial charge in [-0.2, -0.15) is 4.57 Å². The van der Waals surface area contributed by atoms with Crippen molar-refractivity contribution in [1.82, 2.24) is 14.5 Å². The van der Waals surface area contributed by atoms with E-state index in [0.717, 1.165) is 24.0 Å². The van der Waals surface area contributed by atoms with Gasteiger partial charge in [0.05, 0.1) is 11.0 Å². The van der Waals surface area contributed by atoms with Gasteiger partial charge in [0, 0.05) is 24.9 Å². The summed E-state index contributed by atoms with van der Waals surface area (Å²) in [5, 5.41) is 0. The van der Waals surface area contributed by atoms with Crippen molar-refractivity contribution in [2.75, 3.05) is 6.54 Å². The molecule has 4 rings (SSSR count). The Morgan fingerprint density at radius 2 is 1.96 bits per heavy atom. The minimum Gasteiger partial charge on any atom is -0.445 e. The number of imidazole rings is 1. The molecule has 3 atom stereocenters. The molecule has 1 aromatic carbocycles. The van der Waals surface area contributed by atoms with E-state index in [1.54, 1.807) is 18.2 Å². The fraction of sp³-hybridized carbons (Fsp3) is 0.529. The molecule has 2 saturated heterocycles. The third kappa shape index (κ3) is 2.37. The van der Waals surface area contributed by atoms with Gasteiger partial charge < -0.3 is 9.72 Å². The Hall–Kier alpha value is -2.08. The molecule has 2 aromatic rings. The normalized spacial score (nSPS) is 27.4. The molecule has 2 aliphatic rings. The van der Waals surface area contributed by atoms with Crippen LogP contribution in [-0.2, 0) is 4.74 Å². The first kappa shape index (κ1) is 14.5. The SMILES string of the molecule is CCN1[C@@H]2CC[C@H]1CC(OC(=O)n1c(=O)[nH]c3ccccc31)C2. The average molecular weight is 315 g/mol. The number of piperidine rings is 1. The molecule has 23 heavy (non-hydrogen) atoms. The number of H-pyrrole nitrogens is 1. The molecule has 1 unspecified atom stereocenters. The van der Waals surface area contributed by atoms with Gasteiger partial charge in [-0.15, -0.1) is 0 Å². The minimum absolute atomic E-state index is 0.0941. The summed E-state index contributed by atoms with van der Waals surface area (Å²) in [4.78, 5) is 29.8. The number of rotatable bonds is 2. The van der Waals surface area contributed by atoms with Crippen molar-refractivity contribution in [3.05, 3.63) is 34.7 Å². The third-order valence-electron chi connectivity index (χ3n) is 5.25. The van der Waals surface area contributed by atoms with Crippen LogP contribution >= 0.6 is 0 Å². The van der Waals surface area contributed by atoms with E-state index in [1.165, 1.54) is 12.8 Å². The van der Waals surface area contributed by atoms with Crippen LogP contribution in [0.5, 0.6) is 0 Å². The number of carbonyl (C=O) groups excluding carboxylic acids is 1. The van der Waals surface area contributed by atoms with E-state index in [0.29, 0.717) is 23.1 Å². The molecular weight excluding hydrogens is 294 g/mol. The Bertz CT molecular complexity index is 780. The van der Waals surface area contributed by atoms with Gasteiger partial charge >= 0.3 is 11.8 Å². The lowest BCUT2D eigenvalue weighted by Crippen LogP contribution is -2.46. The van der Waals surface area contributed by atoms with Crippen molar-refractivity contribution in [3.8, 4) is 0 Å². The first-order chi connectivity index (χ1) is 11.2. The maximum atomic E-state index is 12.5. The van der Waals surface area contributed by atoms with Crippen molar-refractivity contribution in [2.24, 2.45) is 0 Å². The second-order valence-electron chi connectivity index (χ2n) is 6.48. The molecule has 1 N–H and O–H groups in total. The Balaban J connectivity index is 1.54. The first-order valence-corrected chi connectivity index (χ1v) is 8.34. The molecule has 1 aromatic heterocycles. The van der Waals surface area contributed by atoms with Gasteiger partial charge in [0.1, 0.15) is 6.10 Å². The zero-order valence-corrected chi connectivity index (χ0v) is 13.2. The summed E-state index contributed by atoms with van der Waals surface area (Å²) in [6.07, 6.45) is 3.43. The van der Waals surface area contributed by atoms with Crippen LogP contribution < -0.4 is 5.69 Å². The highest BCUT2D eigenvalue weighted by Crippen LogP contribution is 2.36. The summed E-state index contributed by atoms with van der Waals surface area (Å²) in [5.74, 6) is 0. The predicted octanol–water partition coefficient (Wildman–Crippen LogP) is 2.33. The summed E-state index contributed by atoms with van der Waals surface area (Å²) in [5.41, 5.74) is 0.775. The Morgan fingerprint density at radius 1 is 1.26 bits per heavy atom. The van der Waals surface area contributed by atoms with E-state index in [4.69, 9.17) is 4.74 Å². The molecule has 0 saturated carbocycles. The molecule has 0 amide bonds. The number of aromatic amines is 1. The molecule has 0 spiro atoms. The number of para-hydroxylation sites is 2. The maximum absolute atomic E-state index is 12.5. The minimum atomic E-state index is -0.568. The summed E-state index contributed by atoms with van der Waals surface area (Å²) in [6, 6.07) is 8.18. The van der Waals surface area contributed by atoms with E-state index >= 15 is 0 Å². The van der Waals surface area contributed by atoms with Crippen LogP contribution in [0.2, 0.25) is 0 Å². The van der Waals surface area contributed by atoms with Gasteiger partial charge in [0.25, 0.3) is 0 Å². The van der Waals surface area contributed by atoms with Crippen molar-refractivity contribution >= 4 is 17.1 Å². The molecule has 6 heteroatoms. The lowest BCUT2D eigenvalue weighted by molar-refractivity contribution is 0.0208. The zero-order chi connectivity index (χ0) is 16.0. The topological polar surface area (TPSA) is 67.3 Å². The lowest BCUT2D eigenvalue weighted by Gasteiger charge is -2.37. The predicted molar refractivity (Wildman–Crippen MR) is 86.6 cm³/mol. The third-order valence-corrected chi connectivity index (χ3v) is 5.25. The molecule has 122 valence electrons. The highest BCUT2D eigenvalue weighted by Gasteiger charge is 2.41. The van der Waals surface area contributed by atoms with Crippen LogP contribution in [0, 0.1) is 0 Å². The van der Waals surface area contributed by atoms with Gasteiger partial charge in [-0.3, -0.25) is 4.90 Å². The van der Waals surface area contributed by atoms with Gasteiger partial charge in [-0.05, 0) is 31.5 Å². The number of hydrogen-bond acceptors (Lipinski definition) is 4. The smallest absolute Gasteiger partial charge is 0.423 e. The second-order valence-corrected chi connectivity index (χ2v) is 6.48. The molecule has 2 aliphatic heterocycles. The average Bonchev–Trinajstić information content (AvgIpc) is 3.00. The van der Waals surface area contributed by atoms with Crippen LogP contribution in [0.3, 0.4) is 0 Å². The number of fused-ring (bicyclic) bond motifs is 3. The van der Waals surface area contributed by atoms with Gasteiger partial charge in [-0.25, -0.2) is 9.59 Å². The zero-order valence-electron chi connectivity index (χ0n) is 13.2. The van der Waals surface area contributed by atoms with Crippen molar-refractivity contribution in [3.63, 3.8) is 0 Å². The van der Waals surface area contributed by atoms with Crippen LogP contribution in [0.1, 0.15) is 32.6 Å². The molecular formula is C17H21N3O3. The number of aromatic nitrogens is 2. The van der Waals surface area contributed by atoms with Crippen LogP contribution in [-0.4, -0.2) is 45.3 Å². The maximum Gasteiger partial charge on any atom is 0.423 e. The van der Waals surface area contributed by atoms with E-state index in [9.17, 15) is 9.59 Å². The Labute approximate surface area is 134 Å². The lowest BCUT2D eigenvalue weighted by atomic mass is 10.00. The summed E-state index contributed by atoms with van der Waals surface area (Å²) in [7, 11) is 0. The number of ether oxygens (including phenoxy) is 1. The van der Waals surface area contributed by atoms with Gasteiger partial charge in [0.15, 0.2) is 0 Å². The van der Waals surface area contributed by atoms with E-state index < -0.39 is 11.8 Å². The standard InChI is InChI=1S/C17H21N3O3/c1-2-19-11-7-8-12(19)10-13(9-11)23-17(22)20-15-6-4-3-5-14(15)18-16(20)21/h3-6,11-13H,2,7-10H2,1H3,(H,18,21)/t11-,12+,13?. The van der Waals surface area contributed by atoms with Crippen molar-refractivity contribution in [2.45, 2.75) is 50.8 Å². The molecule has 2 bridgehead atoms. The molecule has 2 fully saturated rings. The molecule has 0 aliphatic carbocycles. The van der Waals surface area contributed by atoms with E-state index in [-0.39, 0.29) is 6.10 Å². The van der Waals surface area contributed by atoms with Gasteiger partial charge in [0.2, 0.25) is 0 Å². The number of benzene rings is 1. The highest BCUT2D eigenvalue weighted by atomic mass is 16.6. The number of hydrogen-bond donors (Lipinski definition) is 1. The molecule has 0 radical (unpaired) electrons. The fourth-order valence-corrected chi connectivity index (χ4v) is 4.27. The van der Waals surface area contributed by atoms with E-state index in [2.05, 4.69) is 16.8 Å². The van der Waals surface area contributed by atoms with Crippen LogP contribution in [0.25, 0.3) is 11.0 Å². The molecule has 3 heterocycles. The van der Waals surface area contributed by atoms with Crippen LogP contribution in [0.4, 0.5) is 4.79 Å². The van der Waals surface area contributed by atoms with Crippen LogP contribution in [0.15, 0.2) is 29.1 Å². The Morgan fingerprint density at radius 3 is 2.65 bits per heavy atom. The number of nitrogens with one attached hydrogen (secondary N) is 1. The first-order valence-electron chi connectivity index (χ1n) is 8.34. The highest BCUT2D eigenvalue weighted by molar-refractivity contribution is 5.86. The quantitative estimate of drug-likeness (QED) is 0.923. The Kier molecular flexibility index (Phi) is 3.49. The largest absolute Gasteiger partial charge is 0.445 e. The monoisotopic (exact) mass is 315 g/mol. The molecule has 6 nitrogen and oxygen atoms in total. The van der Waals surface area contributed by atoms with E-state index in [1.807, 2.05) is 6.07 Å². The number of nitrogens with zero attached hydrogens (tertiary/aromatic N) is 2. The van der Waals surface area contributed by atoms with Crippen molar-refractivity contribution in [1.29, 1.82) is 0 Å². The summed E-state index contributed by atoms with van der Waals surface area (Å²) >= 11 is 0. The summed E-state index contributed by atoms with van der Waals surface area (Å²) < 4.78 is 6.78.